The highest BCUT2D eigenvalue weighted by Crippen LogP contribution is 2.44. The maximum Gasteiger partial charge on any atom is 0.407 e. The molecule has 2 aromatic rings. The number of nitrogens with zero attached hydrogens (tertiary/aromatic N) is 1. The molecule has 7 heteroatoms. The molecule has 1 saturated heterocycles. The van der Waals surface area contributed by atoms with Crippen LogP contribution in [-0.2, 0) is 14.3 Å². The molecular formula is C27H32N2O5. The Hall–Kier alpha value is -3.35. The first kappa shape index (κ1) is 23.8. The molecule has 1 fully saturated rings. The molecule has 34 heavy (non-hydrogen) atoms. The molecule has 1 aliphatic carbocycles. The van der Waals surface area contributed by atoms with Crippen molar-refractivity contribution in [2.24, 2.45) is 5.41 Å². The average Bonchev–Trinajstić information content (AvgIpc) is 3.31. The first-order valence-electron chi connectivity index (χ1n) is 11.9. The van der Waals surface area contributed by atoms with Gasteiger partial charge in [-0.2, -0.15) is 0 Å². The predicted octanol–water partition coefficient (Wildman–Crippen LogP) is 4.41. The molecule has 0 bridgehead atoms. The maximum atomic E-state index is 13.3. The Morgan fingerprint density at radius 1 is 1.09 bits per heavy atom. The number of rotatable bonds is 7. The van der Waals surface area contributed by atoms with Crippen molar-refractivity contribution in [3.05, 3.63) is 59.7 Å². The molecule has 2 amide bonds. The fraction of sp³-hybridized carbons (Fsp3) is 0.444. The summed E-state index contributed by atoms with van der Waals surface area (Å²) in [6.07, 6.45) is 1.000. The van der Waals surface area contributed by atoms with Crippen LogP contribution >= 0.6 is 0 Å². The Labute approximate surface area is 200 Å². The van der Waals surface area contributed by atoms with Crippen molar-refractivity contribution in [3.8, 4) is 11.1 Å². The third-order valence-corrected chi connectivity index (χ3v) is 7.08. The van der Waals surface area contributed by atoms with E-state index < -0.39 is 29.6 Å². The van der Waals surface area contributed by atoms with Gasteiger partial charge < -0.3 is 20.1 Å². The van der Waals surface area contributed by atoms with Gasteiger partial charge >= 0.3 is 12.1 Å². The Kier molecular flexibility index (Phi) is 6.64. The molecule has 2 N–H and O–H groups in total. The topological polar surface area (TPSA) is 95.9 Å². The molecule has 0 aromatic heterocycles. The molecule has 180 valence electrons. The van der Waals surface area contributed by atoms with Crippen LogP contribution in [0, 0.1) is 5.41 Å². The number of benzene rings is 2. The van der Waals surface area contributed by atoms with Crippen molar-refractivity contribution in [3.63, 3.8) is 0 Å². The summed E-state index contributed by atoms with van der Waals surface area (Å²) in [5.41, 5.74) is 3.98. The Balaban J connectivity index is 1.44. The average molecular weight is 465 g/mol. The molecule has 1 heterocycles. The van der Waals surface area contributed by atoms with Gasteiger partial charge in [-0.15, -0.1) is 0 Å². The van der Waals surface area contributed by atoms with Crippen LogP contribution in [0.1, 0.15) is 57.1 Å². The van der Waals surface area contributed by atoms with Crippen molar-refractivity contribution in [2.45, 2.75) is 58.0 Å². The zero-order chi connectivity index (χ0) is 24.5. The number of aliphatic carboxylic acids is 1. The second-order valence-corrected chi connectivity index (χ2v) is 9.82. The summed E-state index contributed by atoms with van der Waals surface area (Å²) in [6.45, 7) is 6.14. The van der Waals surface area contributed by atoms with Crippen LogP contribution in [0.15, 0.2) is 48.5 Å². The smallest absolute Gasteiger partial charge is 0.407 e. The third kappa shape index (κ3) is 4.39. The molecule has 7 nitrogen and oxygen atoms in total. The number of likely N-dealkylation sites (tertiary alicyclic amines) is 1. The first-order valence-corrected chi connectivity index (χ1v) is 11.9. The lowest BCUT2D eigenvalue weighted by Gasteiger charge is -2.31. The number of carboxylic acid groups (broad SMARTS) is 1. The van der Waals surface area contributed by atoms with Gasteiger partial charge in [-0.1, -0.05) is 75.7 Å². The highest BCUT2D eigenvalue weighted by molar-refractivity contribution is 5.90. The molecule has 4 rings (SSSR count). The van der Waals surface area contributed by atoms with Crippen molar-refractivity contribution in [1.29, 1.82) is 0 Å². The minimum Gasteiger partial charge on any atom is -0.480 e. The standard InChI is InChI=1S/C27H32N2O5/c1-4-9-22(24(30)29-15-14-27(2,3)23(29)25(31)32)28-26(33)34-16-21-19-12-7-5-10-17(19)18-11-6-8-13-20(18)21/h5-8,10-13,21-23H,4,9,14-16H2,1-3H3,(H,28,33)(H,31,32). The molecule has 0 saturated carbocycles. The van der Waals surface area contributed by atoms with Crippen LogP contribution in [0.3, 0.4) is 0 Å². The Morgan fingerprint density at radius 3 is 2.24 bits per heavy atom. The van der Waals surface area contributed by atoms with Gasteiger partial charge in [-0.3, -0.25) is 4.79 Å². The van der Waals surface area contributed by atoms with E-state index in [1.165, 1.54) is 4.90 Å². The zero-order valence-electron chi connectivity index (χ0n) is 19.9. The van der Waals surface area contributed by atoms with Gasteiger partial charge in [0, 0.05) is 12.5 Å². The third-order valence-electron chi connectivity index (χ3n) is 7.08. The van der Waals surface area contributed by atoms with E-state index in [-0.39, 0.29) is 18.4 Å². The minimum atomic E-state index is -1.02. The van der Waals surface area contributed by atoms with E-state index in [1.807, 2.05) is 57.2 Å². The van der Waals surface area contributed by atoms with E-state index >= 15 is 0 Å². The van der Waals surface area contributed by atoms with Crippen LogP contribution < -0.4 is 5.32 Å². The van der Waals surface area contributed by atoms with E-state index in [1.54, 1.807) is 0 Å². The molecule has 0 spiro atoms. The summed E-state index contributed by atoms with van der Waals surface area (Å²) < 4.78 is 5.61. The highest BCUT2D eigenvalue weighted by Gasteiger charge is 2.48. The normalized spacial score (nSPS) is 19.3. The van der Waals surface area contributed by atoms with Crippen LogP contribution in [0.5, 0.6) is 0 Å². The molecule has 2 aromatic carbocycles. The first-order chi connectivity index (χ1) is 16.2. The summed E-state index contributed by atoms with van der Waals surface area (Å²) >= 11 is 0. The van der Waals surface area contributed by atoms with E-state index in [0.717, 1.165) is 22.3 Å². The fourth-order valence-corrected chi connectivity index (χ4v) is 5.33. The molecule has 2 unspecified atom stereocenters. The Morgan fingerprint density at radius 2 is 1.68 bits per heavy atom. The predicted molar refractivity (Wildman–Crippen MR) is 128 cm³/mol. The van der Waals surface area contributed by atoms with E-state index in [2.05, 4.69) is 17.4 Å². The van der Waals surface area contributed by atoms with Crippen LogP contribution in [0.2, 0.25) is 0 Å². The molecule has 2 atom stereocenters. The van der Waals surface area contributed by atoms with Gasteiger partial charge in [0.25, 0.3) is 0 Å². The molecule has 0 radical (unpaired) electrons. The van der Waals surface area contributed by atoms with Gasteiger partial charge in [0.05, 0.1) is 0 Å². The summed E-state index contributed by atoms with van der Waals surface area (Å²) in [5.74, 6) is -1.46. The van der Waals surface area contributed by atoms with Gasteiger partial charge in [-0.25, -0.2) is 9.59 Å². The number of carbonyl (C=O) groups is 3. The van der Waals surface area contributed by atoms with Crippen molar-refractivity contribution in [2.75, 3.05) is 13.2 Å². The number of hydrogen-bond acceptors (Lipinski definition) is 4. The van der Waals surface area contributed by atoms with Crippen LogP contribution in [-0.4, -0.2) is 53.2 Å². The Bertz CT molecular complexity index is 1050. The highest BCUT2D eigenvalue weighted by atomic mass is 16.5. The summed E-state index contributed by atoms with van der Waals surface area (Å²) in [7, 11) is 0. The molecule has 1 aliphatic heterocycles. The summed E-state index contributed by atoms with van der Waals surface area (Å²) in [4.78, 5) is 39.3. The maximum absolute atomic E-state index is 13.3. The number of nitrogens with one attached hydrogen (secondary N) is 1. The quantitative estimate of drug-likeness (QED) is 0.633. The largest absolute Gasteiger partial charge is 0.480 e. The second-order valence-electron chi connectivity index (χ2n) is 9.82. The van der Waals surface area contributed by atoms with Gasteiger partial charge in [0.15, 0.2) is 0 Å². The zero-order valence-corrected chi connectivity index (χ0v) is 19.9. The van der Waals surface area contributed by atoms with E-state index in [9.17, 15) is 19.5 Å². The number of ether oxygens (including phenoxy) is 1. The SMILES string of the molecule is CCCC(NC(=O)OCC1c2ccccc2-c2ccccc21)C(=O)N1CCC(C)(C)C1C(=O)O. The second kappa shape index (κ2) is 9.49. The van der Waals surface area contributed by atoms with E-state index in [0.29, 0.717) is 25.8 Å². The lowest BCUT2D eigenvalue weighted by atomic mass is 9.84. The van der Waals surface area contributed by atoms with Gasteiger partial charge in [-0.05, 0) is 40.5 Å². The fourth-order valence-electron chi connectivity index (χ4n) is 5.33. The van der Waals surface area contributed by atoms with Crippen molar-refractivity contribution in [1.82, 2.24) is 10.2 Å². The van der Waals surface area contributed by atoms with Crippen LogP contribution in [0.25, 0.3) is 11.1 Å². The lowest BCUT2D eigenvalue weighted by molar-refractivity contribution is -0.152. The van der Waals surface area contributed by atoms with Crippen molar-refractivity contribution < 1.29 is 24.2 Å². The number of alkyl carbamates (subject to hydrolysis) is 1. The van der Waals surface area contributed by atoms with Crippen molar-refractivity contribution >= 4 is 18.0 Å². The monoisotopic (exact) mass is 464 g/mol. The number of fused-ring (bicyclic) bond motifs is 3. The number of carbonyl (C=O) groups excluding carboxylic acids is 2. The van der Waals surface area contributed by atoms with Crippen LogP contribution in [0.4, 0.5) is 4.79 Å². The number of amides is 2. The van der Waals surface area contributed by atoms with Gasteiger partial charge in [0.2, 0.25) is 5.91 Å². The molecule has 2 aliphatic rings. The lowest BCUT2D eigenvalue weighted by Crippen LogP contribution is -2.54. The summed E-state index contributed by atoms with van der Waals surface area (Å²) in [6, 6.07) is 14.4. The van der Waals surface area contributed by atoms with Gasteiger partial charge in [0.1, 0.15) is 18.7 Å². The number of carboxylic acids is 1. The van der Waals surface area contributed by atoms with E-state index in [4.69, 9.17) is 4.74 Å². The minimum absolute atomic E-state index is 0.0748. The summed E-state index contributed by atoms with van der Waals surface area (Å²) in [5, 5.41) is 12.4. The number of hydrogen-bond donors (Lipinski definition) is 2. The molecular weight excluding hydrogens is 432 g/mol.